The van der Waals surface area contributed by atoms with Crippen molar-refractivity contribution in [3.05, 3.63) is 11.9 Å². The molecule has 0 spiro atoms. The smallest absolute Gasteiger partial charge is 0.158 e. The van der Waals surface area contributed by atoms with Crippen molar-refractivity contribution in [3.63, 3.8) is 0 Å². The van der Waals surface area contributed by atoms with Gasteiger partial charge in [0.2, 0.25) is 0 Å². The lowest BCUT2D eigenvalue weighted by molar-refractivity contribution is 0.128. The van der Waals surface area contributed by atoms with Gasteiger partial charge in [-0.05, 0) is 47.3 Å². The van der Waals surface area contributed by atoms with Gasteiger partial charge in [-0.25, -0.2) is 9.97 Å². The zero-order valence-corrected chi connectivity index (χ0v) is 13.8. The summed E-state index contributed by atoms with van der Waals surface area (Å²) >= 11 is 0. The largest absolute Gasteiger partial charge is 0.374 e. The minimum atomic E-state index is 0.449. The Bertz CT molecular complexity index is 398. The number of rotatable bonds is 11. The molecule has 0 aliphatic carbocycles. The summed E-state index contributed by atoms with van der Waals surface area (Å²) in [6.07, 6.45) is 2.30. The first-order chi connectivity index (χ1) is 10.2. The summed E-state index contributed by atoms with van der Waals surface area (Å²) < 4.78 is 5.39. The Morgan fingerprint density at radius 1 is 1.10 bits per heavy atom. The van der Waals surface area contributed by atoms with Crippen LogP contribution in [0.3, 0.4) is 0 Å². The van der Waals surface area contributed by atoms with Crippen LogP contribution in [0.25, 0.3) is 0 Å². The highest BCUT2D eigenvalue weighted by molar-refractivity contribution is 5.47. The van der Waals surface area contributed by atoms with E-state index in [9.17, 15) is 0 Å². The van der Waals surface area contributed by atoms with Gasteiger partial charge in [-0.2, -0.15) is 0 Å². The maximum absolute atomic E-state index is 5.39. The van der Waals surface area contributed by atoms with Crippen molar-refractivity contribution in [2.24, 2.45) is 0 Å². The van der Waals surface area contributed by atoms with E-state index in [4.69, 9.17) is 4.74 Å². The third-order valence-corrected chi connectivity index (χ3v) is 2.90. The van der Waals surface area contributed by atoms with Crippen molar-refractivity contribution in [3.8, 4) is 0 Å². The first-order valence-electron chi connectivity index (χ1n) is 7.73. The van der Waals surface area contributed by atoms with E-state index in [0.29, 0.717) is 19.0 Å². The SMILES string of the molecule is CCNc1cc(NCCCCN(C)C)nc(COCC)n1. The maximum Gasteiger partial charge on any atom is 0.158 e. The number of hydrogen-bond donors (Lipinski definition) is 2. The lowest BCUT2D eigenvalue weighted by atomic mass is 10.3. The average Bonchev–Trinajstić information content (AvgIpc) is 2.44. The van der Waals surface area contributed by atoms with Gasteiger partial charge < -0.3 is 20.3 Å². The van der Waals surface area contributed by atoms with E-state index in [2.05, 4.69) is 46.5 Å². The Morgan fingerprint density at radius 3 is 2.43 bits per heavy atom. The van der Waals surface area contributed by atoms with Crippen LogP contribution in [-0.4, -0.2) is 55.2 Å². The molecule has 0 amide bonds. The second-order valence-corrected chi connectivity index (χ2v) is 5.16. The molecule has 6 nitrogen and oxygen atoms in total. The molecule has 0 aliphatic heterocycles. The fraction of sp³-hybridized carbons (Fsp3) is 0.733. The summed E-state index contributed by atoms with van der Waals surface area (Å²) in [5.74, 6) is 2.42. The van der Waals surface area contributed by atoms with Crippen molar-refractivity contribution in [1.29, 1.82) is 0 Å². The van der Waals surface area contributed by atoms with Crippen LogP contribution < -0.4 is 10.6 Å². The van der Waals surface area contributed by atoms with Crippen molar-refractivity contribution >= 4 is 11.6 Å². The third-order valence-electron chi connectivity index (χ3n) is 2.90. The Hall–Kier alpha value is -1.40. The molecule has 0 saturated heterocycles. The number of ether oxygens (including phenoxy) is 1. The molecule has 0 aromatic carbocycles. The van der Waals surface area contributed by atoms with Gasteiger partial charge in [0.05, 0.1) is 0 Å². The van der Waals surface area contributed by atoms with E-state index in [-0.39, 0.29) is 0 Å². The number of nitrogens with zero attached hydrogens (tertiary/aromatic N) is 3. The molecule has 0 aliphatic rings. The van der Waals surface area contributed by atoms with E-state index in [1.807, 2.05) is 13.0 Å². The second-order valence-electron chi connectivity index (χ2n) is 5.16. The molecule has 21 heavy (non-hydrogen) atoms. The van der Waals surface area contributed by atoms with Crippen LogP contribution in [0.5, 0.6) is 0 Å². The van der Waals surface area contributed by atoms with Crippen molar-refractivity contribution in [1.82, 2.24) is 14.9 Å². The highest BCUT2D eigenvalue weighted by Crippen LogP contribution is 2.12. The summed E-state index contributed by atoms with van der Waals surface area (Å²) in [6.45, 7) is 8.02. The second kappa shape index (κ2) is 10.3. The lowest BCUT2D eigenvalue weighted by Crippen LogP contribution is -2.14. The van der Waals surface area contributed by atoms with Crippen LogP contribution in [0.1, 0.15) is 32.5 Å². The molecule has 2 N–H and O–H groups in total. The van der Waals surface area contributed by atoms with Gasteiger partial charge in [-0.3, -0.25) is 0 Å². The summed E-state index contributed by atoms with van der Waals surface area (Å²) in [4.78, 5) is 11.1. The zero-order valence-electron chi connectivity index (χ0n) is 13.8. The molecule has 0 bridgehead atoms. The molecule has 0 radical (unpaired) electrons. The first-order valence-corrected chi connectivity index (χ1v) is 7.73. The number of unbranched alkanes of at least 4 members (excludes halogenated alkanes) is 1. The molecule has 1 heterocycles. The molecule has 0 saturated carbocycles. The number of hydrogen-bond acceptors (Lipinski definition) is 6. The molecular formula is C15H29N5O. The Morgan fingerprint density at radius 2 is 1.81 bits per heavy atom. The van der Waals surface area contributed by atoms with E-state index < -0.39 is 0 Å². The predicted octanol–water partition coefficient (Wildman–Crippen LogP) is 2.20. The molecule has 0 unspecified atom stereocenters. The van der Waals surface area contributed by atoms with Gasteiger partial charge in [0, 0.05) is 25.8 Å². The maximum atomic E-state index is 5.39. The monoisotopic (exact) mass is 295 g/mol. The molecule has 0 atom stereocenters. The predicted molar refractivity (Wildman–Crippen MR) is 87.8 cm³/mol. The van der Waals surface area contributed by atoms with Gasteiger partial charge in [-0.1, -0.05) is 0 Å². The number of anilines is 2. The average molecular weight is 295 g/mol. The van der Waals surface area contributed by atoms with Crippen LogP contribution in [0.4, 0.5) is 11.6 Å². The van der Waals surface area contributed by atoms with Crippen molar-refractivity contribution < 1.29 is 4.74 Å². The van der Waals surface area contributed by atoms with Gasteiger partial charge in [0.1, 0.15) is 18.2 Å². The summed E-state index contributed by atoms with van der Waals surface area (Å²) in [7, 11) is 4.20. The van der Waals surface area contributed by atoms with Gasteiger partial charge >= 0.3 is 0 Å². The molecule has 120 valence electrons. The summed E-state index contributed by atoms with van der Waals surface area (Å²) in [5, 5.41) is 6.60. The molecule has 0 fully saturated rings. The zero-order chi connectivity index (χ0) is 15.5. The molecule has 1 rings (SSSR count). The minimum Gasteiger partial charge on any atom is -0.374 e. The highest BCUT2D eigenvalue weighted by atomic mass is 16.5. The van der Waals surface area contributed by atoms with Gasteiger partial charge in [0.15, 0.2) is 5.82 Å². The first kappa shape index (κ1) is 17.7. The van der Waals surface area contributed by atoms with Crippen LogP contribution in [0.15, 0.2) is 6.07 Å². The quantitative estimate of drug-likeness (QED) is 0.610. The highest BCUT2D eigenvalue weighted by Gasteiger charge is 2.04. The fourth-order valence-electron chi connectivity index (χ4n) is 1.89. The minimum absolute atomic E-state index is 0.449. The van der Waals surface area contributed by atoms with E-state index >= 15 is 0 Å². The Kier molecular flexibility index (Phi) is 8.69. The van der Waals surface area contributed by atoms with E-state index in [0.717, 1.165) is 37.7 Å². The summed E-state index contributed by atoms with van der Waals surface area (Å²) in [6, 6.07) is 1.95. The van der Waals surface area contributed by atoms with E-state index in [1.165, 1.54) is 6.42 Å². The molecule has 1 aromatic heterocycles. The summed E-state index contributed by atoms with van der Waals surface area (Å²) in [5.41, 5.74) is 0. The Labute approximate surface area is 128 Å². The van der Waals surface area contributed by atoms with E-state index in [1.54, 1.807) is 0 Å². The molecule has 1 aromatic rings. The standard InChI is InChI=1S/C15H29N5O/c1-5-16-13-11-14(17-9-7-8-10-20(3)4)19-15(18-13)12-21-6-2/h11H,5-10,12H2,1-4H3,(H2,16,17,18,19). The Balaban J connectivity index is 2.52. The number of aromatic nitrogens is 2. The fourth-order valence-corrected chi connectivity index (χ4v) is 1.89. The number of nitrogens with one attached hydrogen (secondary N) is 2. The van der Waals surface area contributed by atoms with Gasteiger partial charge in [-0.15, -0.1) is 0 Å². The van der Waals surface area contributed by atoms with Gasteiger partial charge in [0.25, 0.3) is 0 Å². The normalized spacial score (nSPS) is 10.9. The van der Waals surface area contributed by atoms with Crippen LogP contribution in [-0.2, 0) is 11.3 Å². The third kappa shape index (κ3) is 7.82. The topological polar surface area (TPSA) is 62.3 Å². The molecular weight excluding hydrogens is 266 g/mol. The molecule has 6 heteroatoms. The van der Waals surface area contributed by atoms with Crippen LogP contribution in [0.2, 0.25) is 0 Å². The van der Waals surface area contributed by atoms with Crippen LogP contribution in [0, 0.1) is 0 Å². The van der Waals surface area contributed by atoms with Crippen LogP contribution >= 0.6 is 0 Å². The van der Waals surface area contributed by atoms with Crippen molar-refractivity contribution in [2.75, 3.05) is 51.0 Å². The van der Waals surface area contributed by atoms with Crippen molar-refractivity contribution in [2.45, 2.75) is 33.3 Å². The lowest BCUT2D eigenvalue weighted by Gasteiger charge is -2.12.